The van der Waals surface area contributed by atoms with Gasteiger partial charge < -0.3 is 9.30 Å². The maximum atomic E-state index is 12.9. The maximum absolute atomic E-state index is 12.9. The molecule has 0 unspecified atom stereocenters. The van der Waals surface area contributed by atoms with E-state index in [1.807, 2.05) is 66.9 Å². The Morgan fingerprint density at radius 3 is 2.39 bits per heavy atom. The Bertz CT molecular complexity index is 1250. The number of likely N-dealkylation sites (N-methyl/N-ethyl adjacent to an activating group) is 1. The summed E-state index contributed by atoms with van der Waals surface area (Å²) in [5.41, 5.74) is 7.40. The van der Waals surface area contributed by atoms with Crippen molar-refractivity contribution in [3.8, 4) is 11.3 Å². The first-order chi connectivity index (χ1) is 13.7. The van der Waals surface area contributed by atoms with Crippen molar-refractivity contribution in [2.24, 2.45) is 4.99 Å². The molecule has 4 nitrogen and oxygen atoms in total. The SMILES string of the molecule is Cc1c(N=C2C(=O)N(C)c3ccccc32)c2ccccn2c1-c1ccccc1. The molecular formula is C24H19N3O. The molecule has 0 saturated heterocycles. The first kappa shape index (κ1) is 16.5. The highest BCUT2D eigenvalue weighted by atomic mass is 16.2. The van der Waals surface area contributed by atoms with Gasteiger partial charge in [0.2, 0.25) is 0 Å². The Balaban J connectivity index is 1.79. The van der Waals surface area contributed by atoms with Crippen molar-refractivity contribution in [3.63, 3.8) is 0 Å². The van der Waals surface area contributed by atoms with Crippen molar-refractivity contribution in [2.75, 3.05) is 11.9 Å². The lowest BCUT2D eigenvalue weighted by atomic mass is 10.1. The van der Waals surface area contributed by atoms with Crippen LogP contribution in [0.4, 0.5) is 11.4 Å². The van der Waals surface area contributed by atoms with Gasteiger partial charge in [-0.25, -0.2) is 4.99 Å². The summed E-state index contributed by atoms with van der Waals surface area (Å²) in [6.45, 7) is 2.07. The summed E-state index contributed by atoms with van der Waals surface area (Å²) in [6, 6.07) is 24.2. The summed E-state index contributed by atoms with van der Waals surface area (Å²) in [4.78, 5) is 19.5. The highest BCUT2D eigenvalue weighted by Gasteiger charge is 2.31. The Morgan fingerprint density at radius 1 is 0.857 bits per heavy atom. The highest BCUT2D eigenvalue weighted by Crippen LogP contribution is 2.38. The van der Waals surface area contributed by atoms with Gasteiger partial charge in [0.1, 0.15) is 5.71 Å². The van der Waals surface area contributed by atoms with Crippen LogP contribution in [0.3, 0.4) is 0 Å². The molecule has 0 radical (unpaired) electrons. The molecule has 0 atom stereocenters. The molecule has 2 aromatic heterocycles. The molecule has 28 heavy (non-hydrogen) atoms. The Labute approximate surface area is 163 Å². The van der Waals surface area contributed by atoms with Crippen LogP contribution in [0, 0.1) is 6.92 Å². The molecule has 2 aromatic carbocycles. The Kier molecular flexibility index (Phi) is 3.66. The van der Waals surface area contributed by atoms with E-state index >= 15 is 0 Å². The van der Waals surface area contributed by atoms with Gasteiger partial charge in [0.05, 0.1) is 22.6 Å². The molecule has 0 spiro atoms. The standard InChI is InChI=1S/C24H19N3O/c1-16-21(25-22-18-12-6-7-13-19(18)26(2)24(22)28)20-14-8-9-15-27(20)23(16)17-10-4-3-5-11-17/h3-15H,1-2H3. The third-order valence-electron chi connectivity index (χ3n) is 5.35. The number of nitrogens with zero attached hydrogens (tertiary/aromatic N) is 3. The van der Waals surface area contributed by atoms with Gasteiger partial charge in [-0.2, -0.15) is 0 Å². The van der Waals surface area contributed by atoms with E-state index in [9.17, 15) is 4.79 Å². The van der Waals surface area contributed by atoms with Gasteiger partial charge in [-0.15, -0.1) is 0 Å². The molecule has 4 aromatic rings. The number of pyridine rings is 1. The van der Waals surface area contributed by atoms with E-state index in [2.05, 4.69) is 23.5 Å². The molecule has 0 N–H and O–H groups in total. The van der Waals surface area contributed by atoms with Gasteiger partial charge in [0.15, 0.2) is 0 Å². The number of aromatic nitrogens is 1. The van der Waals surface area contributed by atoms with Crippen LogP contribution in [0.25, 0.3) is 16.8 Å². The molecule has 3 heterocycles. The van der Waals surface area contributed by atoms with Crippen molar-refractivity contribution in [1.29, 1.82) is 0 Å². The number of hydrogen-bond donors (Lipinski definition) is 0. The van der Waals surface area contributed by atoms with E-state index < -0.39 is 0 Å². The lowest BCUT2D eigenvalue weighted by Crippen LogP contribution is -2.25. The molecule has 0 fully saturated rings. The van der Waals surface area contributed by atoms with Crippen molar-refractivity contribution < 1.29 is 4.79 Å². The third-order valence-corrected chi connectivity index (χ3v) is 5.35. The van der Waals surface area contributed by atoms with Gasteiger partial charge in [-0.3, -0.25) is 4.79 Å². The fraction of sp³-hybridized carbons (Fsp3) is 0.0833. The average molecular weight is 365 g/mol. The minimum atomic E-state index is -0.0721. The predicted octanol–water partition coefficient (Wildman–Crippen LogP) is 5.01. The number of para-hydroxylation sites is 1. The largest absolute Gasteiger partial charge is 0.314 e. The Hall–Kier alpha value is -3.66. The normalized spacial score (nSPS) is 14.9. The quantitative estimate of drug-likeness (QED) is 0.492. The van der Waals surface area contributed by atoms with Crippen LogP contribution in [0.5, 0.6) is 0 Å². The predicted molar refractivity (Wildman–Crippen MR) is 114 cm³/mol. The third kappa shape index (κ3) is 2.31. The fourth-order valence-corrected chi connectivity index (χ4v) is 3.98. The molecule has 136 valence electrons. The number of aliphatic imine (C=N–C) groups is 1. The van der Waals surface area contributed by atoms with Crippen molar-refractivity contribution in [3.05, 3.63) is 90.1 Å². The number of benzene rings is 2. The van der Waals surface area contributed by atoms with Crippen LogP contribution in [0.1, 0.15) is 11.1 Å². The van der Waals surface area contributed by atoms with E-state index in [-0.39, 0.29) is 5.91 Å². The number of carbonyl (C=O) groups is 1. The molecular weight excluding hydrogens is 346 g/mol. The van der Waals surface area contributed by atoms with Gasteiger partial charge in [-0.1, -0.05) is 54.6 Å². The number of carbonyl (C=O) groups excluding carboxylic acids is 1. The first-order valence-corrected chi connectivity index (χ1v) is 9.28. The lowest BCUT2D eigenvalue weighted by molar-refractivity contribution is -0.111. The smallest absolute Gasteiger partial charge is 0.277 e. The van der Waals surface area contributed by atoms with E-state index in [1.165, 1.54) is 0 Å². The monoisotopic (exact) mass is 365 g/mol. The number of fused-ring (bicyclic) bond motifs is 2. The van der Waals surface area contributed by atoms with Gasteiger partial charge in [0.25, 0.3) is 5.91 Å². The Morgan fingerprint density at radius 2 is 1.57 bits per heavy atom. The maximum Gasteiger partial charge on any atom is 0.277 e. The second kappa shape index (κ2) is 6.20. The molecule has 1 aliphatic rings. The minimum Gasteiger partial charge on any atom is -0.314 e. The molecule has 0 saturated carbocycles. The summed E-state index contributed by atoms with van der Waals surface area (Å²) in [6.07, 6.45) is 2.05. The van der Waals surface area contributed by atoms with E-state index in [1.54, 1.807) is 11.9 Å². The van der Waals surface area contributed by atoms with Gasteiger partial charge in [-0.05, 0) is 30.7 Å². The molecule has 0 aliphatic carbocycles. The zero-order valence-corrected chi connectivity index (χ0v) is 15.8. The van der Waals surface area contributed by atoms with E-state index in [0.29, 0.717) is 5.71 Å². The van der Waals surface area contributed by atoms with Crippen LogP contribution in [0.15, 0.2) is 84.0 Å². The van der Waals surface area contributed by atoms with E-state index in [4.69, 9.17) is 4.99 Å². The van der Waals surface area contributed by atoms with Crippen LogP contribution in [0.2, 0.25) is 0 Å². The van der Waals surface area contributed by atoms with Crippen LogP contribution in [-0.2, 0) is 4.79 Å². The summed E-state index contributed by atoms with van der Waals surface area (Å²) in [5, 5.41) is 0. The molecule has 5 rings (SSSR count). The fourth-order valence-electron chi connectivity index (χ4n) is 3.98. The average Bonchev–Trinajstić information content (AvgIpc) is 3.15. The van der Waals surface area contributed by atoms with Crippen LogP contribution >= 0.6 is 0 Å². The van der Waals surface area contributed by atoms with Crippen molar-refractivity contribution >= 4 is 28.5 Å². The zero-order chi connectivity index (χ0) is 19.3. The second-order valence-electron chi connectivity index (χ2n) is 6.99. The second-order valence-corrected chi connectivity index (χ2v) is 6.99. The number of amides is 1. The van der Waals surface area contributed by atoms with Crippen molar-refractivity contribution in [1.82, 2.24) is 4.40 Å². The van der Waals surface area contributed by atoms with E-state index in [0.717, 1.165) is 39.3 Å². The number of rotatable bonds is 2. The summed E-state index contributed by atoms with van der Waals surface area (Å²) in [7, 11) is 1.80. The van der Waals surface area contributed by atoms with Crippen molar-refractivity contribution in [2.45, 2.75) is 6.92 Å². The minimum absolute atomic E-state index is 0.0721. The first-order valence-electron chi connectivity index (χ1n) is 9.28. The summed E-state index contributed by atoms with van der Waals surface area (Å²) < 4.78 is 2.15. The molecule has 0 bridgehead atoms. The molecule has 1 amide bonds. The van der Waals surface area contributed by atoms with Crippen LogP contribution < -0.4 is 4.90 Å². The lowest BCUT2D eigenvalue weighted by Gasteiger charge is -2.07. The molecule has 1 aliphatic heterocycles. The number of hydrogen-bond acceptors (Lipinski definition) is 2. The van der Waals surface area contributed by atoms with Gasteiger partial charge in [0, 0.05) is 24.4 Å². The highest BCUT2D eigenvalue weighted by molar-refractivity contribution is 6.54. The summed E-state index contributed by atoms with van der Waals surface area (Å²) in [5.74, 6) is -0.0721. The topological polar surface area (TPSA) is 37.1 Å². The molecule has 4 heteroatoms. The number of anilines is 1. The van der Waals surface area contributed by atoms with Gasteiger partial charge >= 0.3 is 0 Å². The summed E-state index contributed by atoms with van der Waals surface area (Å²) >= 11 is 0. The van der Waals surface area contributed by atoms with Crippen LogP contribution in [-0.4, -0.2) is 23.1 Å². The zero-order valence-electron chi connectivity index (χ0n) is 15.8.